The summed E-state index contributed by atoms with van der Waals surface area (Å²) in [5.41, 5.74) is 11.7. The molecule has 1 aromatic heterocycles. The predicted octanol–water partition coefficient (Wildman–Crippen LogP) is -2.98. The summed E-state index contributed by atoms with van der Waals surface area (Å²) in [6, 6.07) is -14.2. The summed E-state index contributed by atoms with van der Waals surface area (Å²) in [6.45, 7) is 14.9. The normalized spacial score (nSPS) is 15.3. The lowest BCUT2D eigenvalue weighted by Crippen LogP contribution is -2.61. The first-order valence-corrected chi connectivity index (χ1v) is 24.6. The SMILES string of the molecule is CC(C)C[C@H](NC(=O)[C@H](Cc1cnc[nH]1)NC(=O)[C@H](CC(C)C)NC(=O)[C@H](CC(N)=O)NC(=O)[C@H](CCC(=O)O)NC(=O)[C@H](CC(C)C)NC(=O)[C@H](CC(=O)O)NC(=O)[C@@H](NC(=O)[C@@H](N)CC(C)C)[C@@H](C)O)C(=O)O. The summed E-state index contributed by atoms with van der Waals surface area (Å²) in [6.07, 6.45) is -2.41. The molecule has 10 atom stereocenters. The average Bonchev–Trinajstić information content (AvgIpc) is 3.79. The molecular weight excluding hydrogens is 989 g/mol. The Kier molecular flexibility index (Phi) is 28.2. The number of rotatable bonds is 35. The van der Waals surface area contributed by atoms with Crippen LogP contribution in [0.1, 0.15) is 119 Å². The molecule has 28 heteroatoms. The summed E-state index contributed by atoms with van der Waals surface area (Å²) in [7, 11) is 0. The number of hydrogen-bond donors (Lipinski definition) is 15. The van der Waals surface area contributed by atoms with Gasteiger partial charge in [0.05, 0.1) is 31.3 Å². The molecule has 0 fully saturated rings. The first kappa shape index (κ1) is 65.8. The molecule has 9 amide bonds. The lowest BCUT2D eigenvalue weighted by Gasteiger charge is -2.28. The fourth-order valence-corrected chi connectivity index (χ4v) is 7.43. The van der Waals surface area contributed by atoms with Crippen LogP contribution in [-0.4, -0.2) is 162 Å². The molecule has 0 bridgehead atoms. The van der Waals surface area contributed by atoms with E-state index in [-0.39, 0.29) is 49.9 Å². The molecule has 1 heterocycles. The molecule has 0 aliphatic carbocycles. The largest absolute Gasteiger partial charge is 0.481 e. The Morgan fingerprint density at radius 1 is 0.507 bits per heavy atom. The zero-order valence-corrected chi connectivity index (χ0v) is 43.9. The quantitative estimate of drug-likeness (QED) is 0.0323. The number of aliphatic hydroxyl groups excluding tert-OH is 1. The highest BCUT2D eigenvalue weighted by atomic mass is 16.4. The number of carboxylic acids is 3. The van der Waals surface area contributed by atoms with Crippen molar-refractivity contribution in [2.45, 2.75) is 181 Å². The molecule has 28 nitrogen and oxygen atoms in total. The number of nitrogens with zero attached hydrogens (tertiary/aromatic N) is 1. The molecule has 0 spiro atoms. The number of primary amides is 1. The maximum Gasteiger partial charge on any atom is 0.326 e. The smallest absolute Gasteiger partial charge is 0.326 e. The van der Waals surface area contributed by atoms with E-state index < -0.39 is 163 Å². The molecule has 0 saturated carbocycles. The summed E-state index contributed by atoms with van der Waals surface area (Å²) >= 11 is 0. The van der Waals surface area contributed by atoms with Gasteiger partial charge in [0.2, 0.25) is 53.2 Å². The van der Waals surface area contributed by atoms with Crippen LogP contribution in [0.25, 0.3) is 0 Å². The third kappa shape index (κ3) is 25.5. The Labute approximate surface area is 434 Å². The van der Waals surface area contributed by atoms with Gasteiger partial charge in [0.15, 0.2) is 0 Å². The van der Waals surface area contributed by atoms with Crippen LogP contribution in [0.5, 0.6) is 0 Å². The number of carbonyl (C=O) groups is 12. The minimum Gasteiger partial charge on any atom is -0.481 e. The van der Waals surface area contributed by atoms with Gasteiger partial charge in [-0.2, -0.15) is 0 Å². The van der Waals surface area contributed by atoms with Crippen LogP contribution in [0.4, 0.5) is 0 Å². The number of nitrogens with one attached hydrogen (secondary N) is 9. The zero-order chi connectivity index (χ0) is 57.4. The van der Waals surface area contributed by atoms with E-state index in [1.807, 2.05) is 0 Å². The molecule has 422 valence electrons. The summed E-state index contributed by atoms with van der Waals surface area (Å²) in [4.78, 5) is 164. The molecule has 0 saturated heterocycles. The van der Waals surface area contributed by atoms with E-state index in [0.29, 0.717) is 5.69 Å². The van der Waals surface area contributed by atoms with E-state index in [4.69, 9.17) is 11.5 Å². The van der Waals surface area contributed by atoms with E-state index in [0.717, 1.165) is 6.92 Å². The van der Waals surface area contributed by atoms with Gasteiger partial charge in [-0.25, -0.2) is 9.78 Å². The molecule has 0 aromatic carbocycles. The number of carbonyl (C=O) groups excluding carboxylic acids is 9. The maximum atomic E-state index is 14.0. The lowest BCUT2D eigenvalue weighted by molar-refractivity contribution is -0.143. The molecule has 17 N–H and O–H groups in total. The van der Waals surface area contributed by atoms with Gasteiger partial charge in [0.1, 0.15) is 48.3 Å². The van der Waals surface area contributed by atoms with Crippen molar-refractivity contribution in [3.05, 3.63) is 18.2 Å². The lowest BCUT2D eigenvalue weighted by atomic mass is 10.00. The first-order valence-electron chi connectivity index (χ1n) is 24.6. The molecule has 1 aromatic rings. The number of hydrogen-bond acceptors (Lipinski definition) is 15. The van der Waals surface area contributed by atoms with Gasteiger partial charge in [-0.15, -0.1) is 0 Å². The van der Waals surface area contributed by atoms with Crippen LogP contribution >= 0.6 is 0 Å². The van der Waals surface area contributed by atoms with Crippen LogP contribution < -0.4 is 54.0 Å². The highest BCUT2D eigenvalue weighted by Crippen LogP contribution is 2.13. The fraction of sp³-hybridized carbons (Fsp3) is 0.681. The van der Waals surface area contributed by atoms with Crippen LogP contribution in [0, 0.1) is 23.7 Å². The van der Waals surface area contributed by atoms with E-state index in [2.05, 4.69) is 52.5 Å². The number of aromatic amines is 1. The number of amides is 9. The van der Waals surface area contributed by atoms with E-state index in [1.165, 1.54) is 12.5 Å². The van der Waals surface area contributed by atoms with Crippen LogP contribution in [0.3, 0.4) is 0 Å². The molecule has 0 aliphatic heterocycles. The molecule has 75 heavy (non-hydrogen) atoms. The van der Waals surface area contributed by atoms with Crippen molar-refractivity contribution in [2.24, 2.45) is 35.1 Å². The molecule has 0 unspecified atom stereocenters. The minimum absolute atomic E-state index is 0.0207. The Morgan fingerprint density at radius 3 is 1.33 bits per heavy atom. The number of imidazole rings is 1. The number of aliphatic hydroxyl groups is 1. The maximum absolute atomic E-state index is 14.0. The number of H-pyrrole nitrogens is 1. The van der Waals surface area contributed by atoms with Crippen LogP contribution in [0.2, 0.25) is 0 Å². The standard InChI is InChI=1S/C47H78N12O16/c1-21(2)12-27(48)39(66)59-38(25(9)60)46(73)57-33(18-37(64)65)45(72)54-29(13-22(3)4)41(68)52-28(10-11-36(62)63)40(67)56-32(17-35(49)61)44(71)53-30(14-23(5)6)42(69)55-31(16-26-19-50-20-51-26)43(70)58-34(47(74)75)15-24(7)8/h19-25,27-34,38,60H,10-18,48H2,1-9H3,(H2,49,61)(H,50,51)(H,52,68)(H,53,71)(H,54,72)(H,55,69)(H,56,67)(H,57,73)(H,58,70)(H,59,66)(H,62,63)(H,64,65)(H,74,75)/t25-,27+,28+,29+,30+,31+,32+,33+,34+,38+/m1/s1. The molecule has 0 aliphatic rings. The van der Waals surface area contributed by atoms with Crippen molar-refractivity contribution in [1.82, 2.24) is 52.5 Å². The van der Waals surface area contributed by atoms with Gasteiger partial charge in [0.25, 0.3) is 0 Å². The van der Waals surface area contributed by atoms with Crippen LogP contribution in [0.15, 0.2) is 12.5 Å². The number of nitrogens with two attached hydrogens (primary N) is 2. The van der Waals surface area contributed by atoms with Gasteiger partial charge < -0.3 is 79.4 Å². The number of carboxylic acid groups (broad SMARTS) is 3. The second-order valence-corrected chi connectivity index (χ2v) is 20.1. The third-order valence-corrected chi connectivity index (χ3v) is 11.1. The second-order valence-electron chi connectivity index (χ2n) is 20.1. The van der Waals surface area contributed by atoms with Crippen molar-refractivity contribution >= 4 is 71.1 Å². The molecule has 1 rings (SSSR count). The van der Waals surface area contributed by atoms with Gasteiger partial charge in [0, 0.05) is 24.7 Å². The highest BCUT2D eigenvalue weighted by molar-refractivity contribution is 5.99. The van der Waals surface area contributed by atoms with Gasteiger partial charge in [-0.05, 0) is 62.7 Å². The summed E-state index contributed by atoms with van der Waals surface area (Å²) in [5, 5.41) is 58.1. The van der Waals surface area contributed by atoms with E-state index >= 15 is 0 Å². The van der Waals surface area contributed by atoms with Crippen molar-refractivity contribution in [2.75, 3.05) is 0 Å². The monoisotopic (exact) mass is 1070 g/mol. The van der Waals surface area contributed by atoms with Crippen LogP contribution in [-0.2, 0) is 64.0 Å². The minimum atomic E-state index is -1.92. The van der Waals surface area contributed by atoms with Gasteiger partial charge in [-0.3, -0.25) is 52.7 Å². The van der Waals surface area contributed by atoms with Crippen molar-refractivity contribution in [3.63, 3.8) is 0 Å². The Balaban J connectivity index is 3.52. The number of aromatic nitrogens is 2. The predicted molar refractivity (Wildman–Crippen MR) is 266 cm³/mol. The van der Waals surface area contributed by atoms with Gasteiger partial charge >= 0.3 is 17.9 Å². The highest BCUT2D eigenvalue weighted by Gasteiger charge is 2.37. The first-order chi connectivity index (χ1) is 34.8. The zero-order valence-electron chi connectivity index (χ0n) is 43.9. The Hall–Kier alpha value is -7.23. The van der Waals surface area contributed by atoms with Crippen molar-refractivity contribution < 1.29 is 78.0 Å². The van der Waals surface area contributed by atoms with E-state index in [1.54, 1.807) is 55.4 Å². The topological polar surface area (TPSA) is 463 Å². The Morgan fingerprint density at radius 2 is 0.907 bits per heavy atom. The average molecular weight is 1070 g/mol. The van der Waals surface area contributed by atoms with Gasteiger partial charge in [-0.1, -0.05) is 55.4 Å². The fourth-order valence-electron chi connectivity index (χ4n) is 7.43. The van der Waals surface area contributed by atoms with E-state index in [9.17, 15) is 78.0 Å². The van der Waals surface area contributed by atoms with Crippen molar-refractivity contribution in [3.8, 4) is 0 Å². The number of aliphatic carboxylic acids is 3. The summed E-state index contributed by atoms with van der Waals surface area (Å²) in [5.74, 6) is -14.9. The third-order valence-electron chi connectivity index (χ3n) is 11.1. The van der Waals surface area contributed by atoms with Crippen molar-refractivity contribution in [1.29, 1.82) is 0 Å². The second kappa shape index (κ2) is 32.2. The molecule has 0 radical (unpaired) electrons. The Bertz CT molecular complexity index is 2130. The summed E-state index contributed by atoms with van der Waals surface area (Å²) < 4.78 is 0. The molecular formula is C47H78N12O16.